The van der Waals surface area contributed by atoms with Crippen LogP contribution in [0.3, 0.4) is 0 Å². The highest BCUT2D eigenvalue weighted by molar-refractivity contribution is 5.83. The molecular weight excluding hydrogens is 312 g/mol. The van der Waals surface area contributed by atoms with Gasteiger partial charge in [0.15, 0.2) is 6.61 Å². The van der Waals surface area contributed by atoms with Gasteiger partial charge in [-0.05, 0) is 53.5 Å². The van der Waals surface area contributed by atoms with Crippen molar-refractivity contribution >= 4 is 16.7 Å². The maximum Gasteiger partial charge on any atom is 0.344 e. The molecule has 2 aliphatic carbocycles. The van der Waals surface area contributed by atoms with Gasteiger partial charge in [-0.25, -0.2) is 4.79 Å². The maximum atomic E-state index is 12.3. The molecule has 3 nitrogen and oxygen atoms in total. The van der Waals surface area contributed by atoms with Crippen LogP contribution in [0, 0.1) is 16.7 Å². The van der Waals surface area contributed by atoms with Crippen LogP contribution in [-0.4, -0.2) is 18.7 Å². The molecule has 4 rings (SSSR count). The molecule has 132 valence electrons. The predicted molar refractivity (Wildman–Crippen MR) is 98.6 cm³/mol. The van der Waals surface area contributed by atoms with E-state index in [-0.39, 0.29) is 29.5 Å². The van der Waals surface area contributed by atoms with Crippen LogP contribution >= 0.6 is 0 Å². The van der Waals surface area contributed by atoms with Crippen molar-refractivity contribution < 1.29 is 14.3 Å². The highest BCUT2D eigenvalue weighted by atomic mass is 16.6. The van der Waals surface area contributed by atoms with Crippen LogP contribution in [0.25, 0.3) is 10.8 Å². The molecule has 0 aliphatic heterocycles. The first-order valence-corrected chi connectivity index (χ1v) is 9.21. The van der Waals surface area contributed by atoms with Crippen LogP contribution < -0.4 is 4.74 Å². The first kappa shape index (κ1) is 16.4. The van der Waals surface area contributed by atoms with E-state index in [0.717, 1.165) is 23.6 Å². The second kappa shape index (κ2) is 5.76. The fourth-order valence-corrected chi connectivity index (χ4v) is 4.90. The molecule has 3 heteroatoms. The molecule has 2 saturated carbocycles. The monoisotopic (exact) mass is 338 g/mol. The van der Waals surface area contributed by atoms with Gasteiger partial charge in [0.2, 0.25) is 0 Å². The van der Waals surface area contributed by atoms with Crippen LogP contribution in [0.1, 0.15) is 40.0 Å². The molecular formula is C22H26O3. The number of hydrogen-bond donors (Lipinski definition) is 0. The van der Waals surface area contributed by atoms with E-state index in [0.29, 0.717) is 11.7 Å². The molecule has 25 heavy (non-hydrogen) atoms. The number of carbonyl (C=O) groups is 1. The molecule has 0 saturated heterocycles. The lowest BCUT2D eigenvalue weighted by atomic mass is 9.70. The number of ether oxygens (including phenoxy) is 2. The number of fused-ring (bicyclic) bond motifs is 3. The van der Waals surface area contributed by atoms with Crippen molar-refractivity contribution in [3.63, 3.8) is 0 Å². The molecule has 0 N–H and O–H groups in total. The third-order valence-electron chi connectivity index (χ3n) is 7.07. The van der Waals surface area contributed by atoms with E-state index < -0.39 is 0 Å². The van der Waals surface area contributed by atoms with E-state index in [4.69, 9.17) is 9.47 Å². The molecule has 2 bridgehead atoms. The fraction of sp³-hybridized carbons (Fsp3) is 0.500. The molecule has 0 heterocycles. The van der Waals surface area contributed by atoms with Crippen molar-refractivity contribution in [3.05, 3.63) is 42.5 Å². The molecule has 0 aromatic heterocycles. The van der Waals surface area contributed by atoms with Gasteiger partial charge in [-0.3, -0.25) is 0 Å². The first-order chi connectivity index (χ1) is 11.9. The minimum absolute atomic E-state index is 0.0222. The van der Waals surface area contributed by atoms with Crippen LogP contribution in [0.4, 0.5) is 0 Å². The van der Waals surface area contributed by atoms with Gasteiger partial charge < -0.3 is 9.47 Å². The van der Waals surface area contributed by atoms with E-state index in [2.05, 4.69) is 26.8 Å². The fourth-order valence-electron chi connectivity index (χ4n) is 4.90. The summed E-state index contributed by atoms with van der Waals surface area (Å²) in [5.41, 5.74) is 0.341. The molecule has 0 spiro atoms. The van der Waals surface area contributed by atoms with Crippen LogP contribution in [-0.2, 0) is 9.53 Å². The Hall–Kier alpha value is -2.03. The lowest BCUT2D eigenvalue weighted by Gasteiger charge is -2.38. The SMILES string of the molecule is CC1(C)[C@@H]2CC[C@]1(C)[C@H](OC(=O)COc1ccc3ccccc3c1)C2. The van der Waals surface area contributed by atoms with Gasteiger partial charge in [0.05, 0.1) is 0 Å². The van der Waals surface area contributed by atoms with Gasteiger partial charge >= 0.3 is 5.97 Å². The summed E-state index contributed by atoms with van der Waals surface area (Å²) in [5, 5.41) is 2.27. The Bertz CT molecular complexity index is 810. The van der Waals surface area contributed by atoms with Gasteiger partial charge in [-0.1, -0.05) is 51.1 Å². The van der Waals surface area contributed by atoms with Gasteiger partial charge in [0.25, 0.3) is 0 Å². The van der Waals surface area contributed by atoms with E-state index >= 15 is 0 Å². The smallest absolute Gasteiger partial charge is 0.344 e. The molecule has 0 amide bonds. The van der Waals surface area contributed by atoms with E-state index in [1.54, 1.807) is 0 Å². The Morgan fingerprint density at radius 2 is 1.88 bits per heavy atom. The van der Waals surface area contributed by atoms with Crippen molar-refractivity contribution in [2.45, 2.75) is 46.1 Å². The van der Waals surface area contributed by atoms with Gasteiger partial charge in [-0.15, -0.1) is 0 Å². The van der Waals surface area contributed by atoms with Crippen molar-refractivity contribution in [2.75, 3.05) is 6.61 Å². The minimum Gasteiger partial charge on any atom is -0.482 e. The van der Waals surface area contributed by atoms with Crippen LogP contribution in [0.5, 0.6) is 5.75 Å². The highest BCUT2D eigenvalue weighted by Crippen LogP contribution is 2.66. The first-order valence-electron chi connectivity index (χ1n) is 9.21. The van der Waals surface area contributed by atoms with Crippen molar-refractivity contribution in [1.82, 2.24) is 0 Å². The van der Waals surface area contributed by atoms with Gasteiger partial charge in [-0.2, -0.15) is 0 Å². The molecule has 2 aromatic carbocycles. The standard InChI is InChI=1S/C22H26O3/c1-21(2)17-10-11-22(21,3)19(13-17)25-20(23)14-24-18-9-8-15-6-4-5-7-16(15)12-18/h4-9,12,17,19H,10-11,13-14H2,1-3H3/t17-,19-,22-/m1/s1. The quantitative estimate of drug-likeness (QED) is 0.738. The molecule has 0 unspecified atom stereocenters. The van der Waals surface area contributed by atoms with Crippen LogP contribution in [0.2, 0.25) is 0 Å². The summed E-state index contributed by atoms with van der Waals surface area (Å²) in [6, 6.07) is 14.0. The summed E-state index contributed by atoms with van der Waals surface area (Å²) in [7, 11) is 0. The van der Waals surface area contributed by atoms with Crippen molar-refractivity contribution in [1.29, 1.82) is 0 Å². The summed E-state index contributed by atoms with van der Waals surface area (Å²) in [5.74, 6) is 1.11. The summed E-state index contributed by atoms with van der Waals surface area (Å²) in [6.07, 6.45) is 3.42. The molecule has 2 aromatic rings. The largest absolute Gasteiger partial charge is 0.482 e. The number of benzene rings is 2. The zero-order chi connectivity index (χ0) is 17.7. The van der Waals surface area contributed by atoms with E-state index in [9.17, 15) is 4.79 Å². The topological polar surface area (TPSA) is 35.5 Å². The second-order valence-corrected chi connectivity index (χ2v) is 8.39. The Kier molecular flexibility index (Phi) is 3.78. The summed E-state index contributed by atoms with van der Waals surface area (Å²) >= 11 is 0. The predicted octanol–water partition coefficient (Wildman–Crippen LogP) is 4.98. The summed E-state index contributed by atoms with van der Waals surface area (Å²) in [4.78, 5) is 12.3. The molecule has 2 aliphatic rings. The third-order valence-corrected chi connectivity index (χ3v) is 7.07. The minimum atomic E-state index is -0.261. The van der Waals surface area contributed by atoms with E-state index in [1.807, 2.05) is 36.4 Å². The molecule has 2 fully saturated rings. The average Bonchev–Trinajstić information content (AvgIpc) is 2.93. The zero-order valence-electron chi connectivity index (χ0n) is 15.2. The number of esters is 1. The normalized spacial score (nSPS) is 29.7. The maximum absolute atomic E-state index is 12.3. The van der Waals surface area contributed by atoms with Crippen molar-refractivity contribution in [3.8, 4) is 5.75 Å². The third kappa shape index (κ3) is 2.61. The molecule has 0 radical (unpaired) electrons. The molecule has 3 atom stereocenters. The number of hydrogen-bond acceptors (Lipinski definition) is 3. The zero-order valence-corrected chi connectivity index (χ0v) is 15.2. The number of carbonyl (C=O) groups excluding carboxylic acids is 1. The Morgan fingerprint density at radius 3 is 2.56 bits per heavy atom. The van der Waals surface area contributed by atoms with E-state index in [1.165, 1.54) is 6.42 Å². The Morgan fingerprint density at radius 1 is 1.12 bits per heavy atom. The number of rotatable bonds is 4. The Balaban J connectivity index is 1.38. The lowest BCUT2D eigenvalue weighted by Crippen LogP contribution is -2.39. The summed E-state index contributed by atoms with van der Waals surface area (Å²) < 4.78 is 11.5. The summed E-state index contributed by atoms with van der Waals surface area (Å²) in [6.45, 7) is 6.90. The lowest BCUT2D eigenvalue weighted by molar-refractivity contribution is -0.159. The highest BCUT2D eigenvalue weighted by Gasteiger charge is 2.62. The van der Waals surface area contributed by atoms with Gasteiger partial charge in [0.1, 0.15) is 11.9 Å². The average molecular weight is 338 g/mol. The second-order valence-electron chi connectivity index (χ2n) is 8.39. The van der Waals surface area contributed by atoms with Gasteiger partial charge in [0, 0.05) is 5.41 Å². The van der Waals surface area contributed by atoms with Crippen molar-refractivity contribution in [2.24, 2.45) is 16.7 Å². The van der Waals surface area contributed by atoms with Crippen LogP contribution in [0.15, 0.2) is 42.5 Å². The Labute approximate surface area is 149 Å².